The van der Waals surface area contributed by atoms with E-state index in [2.05, 4.69) is 17.0 Å². The molecule has 0 unspecified atom stereocenters. The van der Waals surface area contributed by atoms with Crippen molar-refractivity contribution in [2.75, 3.05) is 6.61 Å². The minimum Gasteiger partial charge on any atom is -0.506 e. The summed E-state index contributed by atoms with van der Waals surface area (Å²) in [6.07, 6.45) is 7.88. The lowest BCUT2D eigenvalue weighted by molar-refractivity contribution is -0.141. The minimum atomic E-state index is 0.00778. The van der Waals surface area contributed by atoms with Gasteiger partial charge in [0.2, 0.25) is 5.91 Å². The Kier molecular flexibility index (Phi) is 8.68. The summed E-state index contributed by atoms with van der Waals surface area (Å²) in [4.78, 5) is 20.1. The summed E-state index contributed by atoms with van der Waals surface area (Å²) in [6.45, 7) is 1.51. The smallest absolute Gasteiger partial charge is 0.226 e. The molecule has 2 aliphatic rings. The lowest BCUT2D eigenvalue weighted by Crippen LogP contribution is -2.43. The summed E-state index contributed by atoms with van der Waals surface area (Å²) in [5.41, 5.74) is 2.70. The van der Waals surface area contributed by atoms with Gasteiger partial charge in [0, 0.05) is 34.7 Å². The van der Waals surface area contributed by atoms with E-state index in [-0.39, 0.29) is 16.7 Å². The SMILES string of the molecule is O=C(C1CCC1)N(Cc1ccc(OCCn2nc(-c3ccc(O)c(Cl)c3)nc2-c2ccc(Cl)cc2)cc1)C1CCCC1. The first-order valence-electron chi connectivity index (χ1n) is 14.7. The monoisotopic (exact) mass is 604 g/mol. The number of aromatic nitrogens is 3. The van der Waals surface area contributed by atoms with Crippen LogP contribution >= 0.6 is 23.2 Å². The van der Waals surface area contributed by atoms with Crippen molar-refractivity contribution in [3.8, 4) is 34.3 Å². The zero-order valence-corrected chi connectivity index (χ0v) is 24.9. The Morgan fingerprint density at radius 1 is 0.929 bits per heavy atom. The van der Waals surface area contributed by atoms with Gasteiger partial charge < -0.3 is 14.7 Å². The van der Waals surface area contributed by atoms with Gasteiger partial charge in [0.15, 0.2) is 11.6 Å². The van der Waals surface area contributed by atoms with Crippen LogP contribution in [0.5, 0.6) is 11.5 Å². The second kappa shape index (κ2) is 12.8. The summed E-state index contributed by atoms with van der Waals surface area (Å²) in [5, 5.41) is 15.4. The average molecular weight is 606 g/mol. The number of hydrogen-bond acceptors (Lipinski definition) is 5. The fourth-order valence-electron chi connectivity index (χ4n) is 5.71. The van der Waals surface area contributed by atoms with Gasteiger partial charge in [-0.1, -0.05) is 54.6 Å². The van der Waals surface area contributed by atoms with E-state index in [4.69, 9.17) is 38.0 Å². The molecule has 0 atom stereocenters. The molecule has 0 bridgehead atoms. The number of halogens is 2. The number of rotatable bonds is 10. The zero-order chi connectivity index (χ0) is 29.1. The Morgan fingerprint density at radius 3 is 2.31 bits per heavy atom. The topological polar surface area (TPSA) is 80.5 Å². The van der Waals surface area contributed by atoms with E-state index in [0.717, 1.165) is 42.6 Å². The van der Waals surface area contributed by atoms with Gasteiger partial charge >= 0.3 is 0 Å². The van der Waals surface area contributed by atoms with E-state index in [1.54, 1.807) is 16.8 Å². The van der Waals surface area contributed by atoms with Crippen LogP contribution in [0.15, 0.2) is 66.7 Å². The van der Waals surface area contributed by atoms with Crippen LogP contribution in [0.4, 0.5) is 0 Å². The number of amides is 1. The third-order valence-electron chi connectivity index (χ3n) is 8.33. The molecule has 2 saturated carbocycles. The molecule has 2 fully saturated rings. The van der Waals surface area contributed by atoms with Crippen molar-refractivity contribution >= 4 is 29.1 Å². The number of aromatic hydroxyl groups is 1. The van der Waals surface area contributed by atoms with Crippen molar-refractivity contribution in [2.24, 2.45) is 5.92 Å². The molecule has 1 amide bonds. The fraction of sp³-hybridized carbons (Fsp3) is 0.364. The summed E-state index contributed by atoms with van der Waals surface area (Å²) >= 11 is 12.3. The highest BCUT2D eigenvalue weighted by Crippen LogP contribution is 2.33. The molecule has 1 heterocycles. The predicted octanol–water partition coefficient (Wildman–Crippen LogP) is 7.77. The fourth-order valence-corrected chi connectivity index (χ4v) is 6.02. The normalized spacial score (nSPS) is 15.5. The van der Waals surface area contributed by atoms with Crippen LogP contribution in [-0.4, -0.2) is 43.3 Å². The van der Waals surface area contributed by atoms with Gasteiger partial charge in [-0.25, -0.2) is 9.67 Å². The summed E-state index contributed by atoms with van der Waals surface area (Å²) in [5.74, 6) is 2.49. The van der Waals surface area contributed by atoms with E-state index >= 15 is 0 Å². The Hall–Kier alpha value is -3.55. The molecule has 42 heavy (non-hydrogen) atoms. The molecule has 0 saturated heterocycles. The number of phenols is 1. The Labute approximate surface area is 256 Å². The highest BCUT2D eigenvalue weighted by Gasteiger charge is 2.34. The molecule has 9 heteroatoms. The van der Waals surface area contributed by atoms with Crippen molar-refractivity contribution in [1.29, 1.82) is 0 Å². The van der Waals surface area contributed by atoms with Gasteiger partial charge in [-0.3, -0.25) is 4.79 Å². The van der Waals surface area contributed by atoms with E-state index in [9.17, 15) is 9.90 Å². The van der Waals surface area contributed by atoms with Gasteiger partial charge in [0.25, 0.3) is 0 Å². The maximum absolute atomic E-state index is 13.2. The van der Waals surface area contributed by atoms with E-state index < -0.39 is 0 Å². The first-order chi connectivity index (χ1) is 20.4. The molecule has 0 radical (unpaired) electrons. The summed E-state index contributed by atoms with van der Waals surface area (Å²) < 4.78 is 7.90. The lowest BCUT2D eigenvalue weighted by atomic mass is 9.84. The Bertz CT molecular complexity index is 1530. The van der Waals surface area contributed by atoms with Crippen LogP contribution in [0.2, 0.25) is 10.0 Å². The van der Waals surface area contributed by atoms with Crippen LogP contribution in [0.3, 0.4) is 0 Å². The lowest BCUT2D eigenvalue weighted by Gasteiger charge is -2.35. The van der Waals surface area contributed by atoms with E-state index in [0.29, 0.717) is 53.9 Å². The number of carbonyl (C=O) groups is 1. The molecule has 4 aromatic rings. The predicted molar refractivity (Wildman–Crippen MR) is 165 cm³/mol. The number of carbonyl (C=O) groups excluding carboxylic acids is 1. The number of benzene rings is 3. The highest BCUT2D eigenvalue weighted by atomic mass is 35.5. The highest BCUT2D eigenvalue weighted by molar-refractivity contribution is 6.32. The molecular formula is C33H34Cl2N4O3. The maximum Gasteiger partial charge on any atom is 0.226 e. The van der Waals surface area contributed by atoms with Crippen molar-refractivity contribution in [1.82, 2.24) is 19.7 Å². The van der Waals surface area contributed by atoms with Gasteiger partial charge in [-0.05, 0) is 85.8 Å². The molecule has 218 valence electrons. The van der Waals surface area contributed by atoms with Crippen molar-refractivity contribution in [3.05, 3.63) is 82.3 Å². The Morgan fingerprint density at radius 2 is 1.64 bits per heavy atom. The Balaban J connectivity index is 1.13. The van der Waals surface area contributed by atoms with Crippen LogP contribution in [0, 0.1) is 5.92 Å². The molecule has 0 spiro atoms. The van der Waals surface area contributed by atoms with Gasteiger partial charge in [0.1, 0.15) is 18.1 Å². The second-order valence-electron chi connectivity index (χ2n) is 11.2. The van der Waals surface area contributed by atoms with Crippen LogP contribution in [0.1, 0.15) is 50.5 Å². The molecule has 6 rings (SSSR count). The minimum absolute atomic E-state index is 0.00778. The summed E-state index contributed by atoms with van der Waals surface area (Å²) in [7, 11) is 0. The quantitative estimate of drug-likeness (QED) is 0.200. The van der Waals surface area contributed by atoms with Gasteiger partial charge in [0.05, 0.1) is 11.6 Å². The van der Waals surface area contributed by atoms with Crippen LogP contribution in [-0.2, 0) is 17.9 Å². The van der Waals surface area contributed by atoms with E-state index in [1.165, 1.54) is 25.3 Å². The van der Waals surface area contributed by atoms with E-state index in [1.807, 2.05) is 36.4 Å². The molecule has 1 aromatic heterocycles. The molecule has 3 aromatic carbocycles. The summed E-state index contributed by atoms with van der Waals surface area (Å²) in [6, 6.07) is 20.8. The van der Waals surface area contributed by atoms with Crippen LogP contribution < -0.4 is 4.74 Å². The number of ether oxygens (including phenoxy) is 1. The number of nitrogens with zero attached hydrogens (tertiary/aromatic N) is 4. The number of phenolic OH excluding ortho intramolecular Hbond substituents is 1. The molecular weight excluding hydrogens is 571 g/mol. The van der Waals surface area contributed by atoms with Crippen molar-refractivity contribution in [3.63, 3.8) is 0 Å². The average Bonchev–Trinajstić information content (AvgIpc) is 3.64. The molecule has 0 aliphatic heterocycles. The number of hydrogen-bond donors (Lipinski definition) is 1. The van der Waals surface area contributed by atoms with Gasteiger partial charge in [-0.15, -0.1) is 0 Å². The third kappa shape index (κ3) is 6.42. The van der Waals surface area contributed by atoms with Crippen molar-refractivity contribution < 1.29 is 14.6 Å². The first kappa shape index (κ1) is 28.6. The first-order valence-corrected chi connectivity index (χ1v) is 15.4. The largest absolute Gasteiger partial charge is 0.506 e. The molecule has 2 aliphatic carbocycles. The van der Waals surface area contributed by atoms with Crippen molar-refractivity contribution in [2.45, 2.75) is 64.1 Å². The third-order valence-corrected chi connectivity index (χ3v) is 8.89. The molecule has 1 N–H and O–H groups in total. The van der Waals surface area contributed by atoms with Crippen LogP contribution in [0.25, 0.3) is 22.8 Å². The maximum atomic E-state index is 13.2. The standard InChI is InChI=1S/C33H34Cl2N4O3/c34-26-13-10-23(11-14-26)32-36-31(25-12-17-30(40)29(35)20-25)37-39(32)18-19-42-28-15-8-22(9-16-28)21-38(27-6-1-2-7-27)33(41)24-4-3-5-24/h8-17,20,24,27,40H,1-7,18-19,21H2. The second-order valence-corrected chi connectivity index (χ2v) is 12.0. The zero-order valence-electron chi connectivity index (χ0n) is 23.4. The molecule has 7 nitrogen and oxygen atoms in total. The van der Waals surface area contributed by atoms with Gasteiger partial charge in [-0.2, -0.15) is 5.10 Å².